The number of hydrogen-bond acceptors (Lipinski definition) is 6. The lowest BCUT2D eigenvalue weighted by Crippen LogP contribution is -1.78. The van der Waals surface area contributed by atoms with Crippen molar-refractivity contribution in [3.63, 3.8) is 0 Å². The summed E-state index contributed by atoms with van der Waals surface area (Å²) in [4.78, 5) is 46.8. The highest BCUT2D eigenvalue weighted by atomic mass is 31.1. The van der Waals surface area contributed by atoms with Crippen LogP contribution in [0.1, 0.15) is 0 Å². The lowest BCUT2D eigenvalue weighted by atomic mass is 15.8. The van der Waals surface area contributed by atoms with Crippen LogP contribution in [-0.2, 0) is 13.7 Å². The SMILES string of the molecule is O=[P+]([O-])O.O=[P+]([O-])O.O=[P+]([O-])O.[Al].[Al]. The van der Waals surface area contributed by atoms with Gasteiger partial charge < -0.3 is 14.7 Å². The average molecular weight is 294 g/mol. The molecule has 0 aliphatic heterocycles. The van der Waals surface area contributed by atoms with Crippen molar-refractivity contribution in [2.75, 3.05) is 0 Å². The second-order valence-corrected chi connectivity index (χ2v) is 2.14. The molecule has 0 fully saturated rings. The monoisotopic (exact) mass is 294 g/mol. The zero-order valence-corrected chi connectivity index (χ0v) is 11.3. The Morgan fingerprint density at radius 2 is 0.643 bits per heavy atom. The van der Waals surface area contributed by atoms with Gasteiger partial charge in [0.1, 0.15) is 0 Å². The molecule has 14 heavy (non-hydrogen) atoms. The van der Waals surface area contributed by atoms with Crippen LogP contribution in [0.3, 0.4) is 0 Å². The van der Waals surface area contributed by atoms with Gasteiger partial charge in [0.2, 0.25) is 0 Å². The van der Waals surface area contributed by atoms with E-state index in [9.17, 15) is 0 Å². The average Bonchev–Trinajstić information content (AvgIpc) is 1.54. The van der Waals surface area contributed by atoms with E-state index in [2.05, 4.69) is 0 Å². The molecule has 0 aromatic heterocycles. The van der Waals surface area contributed by atoms with Gasteiger partial charge in [-0.1, -0.05) is 0 Å². The Bertz CT molecular complexity index is 116. The minimum atomic E-state index is -3.12. The molecule has 0 aliphatic carbocycles. The third-order valence-electron chi connectivity index (χ3n) is 0. The van der Waals surface area contributed by atoms with E-state index < -0.39 is 24.8 Å². The van der Waals surface area contributed by atoms with E-state index in [1.165, 1.54) is 0 Å². The first kappa shape index (κ1) is 29.4. The van der Waals surface area contributed by atoms with Crippen molar-refractivity contribution in [3.05, 3.63) is 0 Å². The predicted molar refractivity (Wildman–Crippen MR) is 41.0 cm³/mol. The highest BCUT2D eigenvalue weighted by molar-refractivity contribution is 7.29. The van der Waals surface area contributed by atoms with Crippen LogP contribution in [0.25, 0.3) is 0 Å². The molecule has 3 atom stereocenters. The Labute approximate surface area is 103 Å². The second kappa shape index (κ2) is 23.7. The van der Waals surface area contributed by atoms with Crippen LogP contribution in [0.4, 0.5) is 0 Å². The first-order valence-corrected chi connectivity index (χ1v) is 5.09. The van der Waals surface area contributed by atoms with Crippen molar-refractivity contribution in [1.82, 2.24) is 0 Å². The Morgan fingerprint density at radius 3 is 0.643 bits per heavy atom. The topological polar surface area (TPSA) is 181 Å². The minimum absolute atomic E-state index is 0. The molecule has 6 radical (unpaired) electrons. The zero-order chi connectivity index (χ0) is 10.7. The molecule has 0 spiro atoms. The predicted octanol–water partition coefficient (Wildman–Crippen LogP) is -3.77. The molecule has 14 heteroatoms. The molecule has 78 valence electrons. The van der Waals surface area contributed by atoms with Gasteiger partial charge in [0, 0.05) is 34.7 Å². The van der Waals surface area contributed by atoms with Crippen molar-refractivity contribution in [2.24, 2.45) is 0 Å². The molecule has 0 aliphatic rings. The zero-order valence-electron chi connectivity index (χ0n) is 6.29. The molecule has 0 saturated heterocycles. The molecule has 0 rings (SSSR count). The molecular weight excluding hydrogens is 291 g/mol. The first-order chi connectivity index (χ1) is 5.20. The van der Waals surface area contributed by atoms with Crippen LogP contribution >= 0.6 is 24.8 Å². The fraction of sp³-hybridized carbons (Fsp3) is 0. The summed E-state index contributed by atoms with van der Waals surface area (Å²) >= 11 is 0. The smallest absolute Gasteiger partial charge is 0.485 e. The fourth-order valence-electron chi connectivity index (χ4n) is 0. The molecular formula is H3Al2O9P3. The Morgan fingerprint density at radius 1 is 0.643 bits per heavy atom. The van der Waals surface area contributed by atoms with Crippen molar-refractivity contribution < 1.29 is 43.1 Å². The summed E-state index contributed by atoms with van der Waals surface area (Å²) in [6.07, 6.45) is 0. The van der Waals surface area contributed by atoms with E-state index in [-0.39, 0.29) is 34.7 Å². The normalized spacial score (nSPS) is 9.43. The van der Waals surface area contributed by atoms with Gasteiger partial charge in [-0.3, -0.25) is 0 Å². The van der Waals surface area contributed by atoms with E-state index in [1.54, 1.807) is 0 Å². The highest BCUT2D eigenvalue weighted by Crippen LogP contribution is 1.90. The molecule has 3 unspecified atom stereocenters. The summed E-state index contributed by atoms with van der Waals surface area (Å²) in [6, 6.07) is 0. The molecule has 0 bridgehead atoms. The van der Waals surface area contributed by atoms with Gasteiger partial charge in [-0.05, 0) is 13.7 Å². The summed E-state index contributed by atoms with van der Waals surface area (Å²) in [5, 5.41) is 0. The molecule has 0 heterocycles. The van der Waals surface area contributed by atoms with E-state index in [4.69, 9.17) is 43.1 Å². The van der Waals surface area contributed by atoms with E-state index >= 15 is 0 Å². The highest BCUT2D eigenvalue weighted by Gasteiger charge is 1.74. The van der Waals surface area contributed by atoms with Crippen LogP contribution in [0.2, 0.25) is 0 Å². The van der Waals surface area contributed by atoms with Crippen LogP contribution in [0.5, 0.6) is 0 Å². The van der Waals surface area contributed by atoms with Crippen molar-refractivity contribution in [3.8, 4) is 0 Å². The second-order valence-electron chi connectivity index (χ2n) is 0.714. The Hall–Kier alpha value is 1.12. The van der Waals surface area contributed by atoms with Crippen LogP contribution in [0, 0.1) is 0 Å². The van der Waals surface area contributed by atoms with Gasteiger partial charge in [0.15, 0.2) is 0 Å². The van der Waals surface area contributed by atoms with Crippen LogP contribution in [0.15, 0.2) is 0 Å². The maximum absolute atomic E-state index is 8.59. The number of rotatable bonds is 0. The molecule has 0 saturated carbocycles. The summed E-state index contributed by atoms with van der Waals surface area (Å²) in [6.45, 7) is 0. The van der Waals surface area contributed by atoms with Crippen molar-refractivity contribution >= 4 is 59.5 Å². The number of hydrogen-bond donors (Lipinski definition) is 3. The van der Waals surface area contributed by atoms with Crippen molar-refractivity contribution in [2.45, 2.75) is 0 Å². The third kappa shape index (κ3) is 1520. The fourth-order valence-corrected chi connectivity index (χ4v) is 0. The summed E-state index contributed by atoms with van der Waals surface area (Å²) < 4.78 is 25.8. The molecule has 0 aromatic carbocycles. The van der Waals surface area contributed by atoms with Gasteiger partial charge in [-0.2, -0.15) is 14.7 Å². The summed E-state index contributed by atoms with van der Waals surface area (Å²) in [7, 11) is -9.36. The Kier molecular flexibility index (Phi) is 49.9. The quantitative estimate of drug-likeness (QED) is 0.298. The Balaban J connectivity index is -0.0000000270. The van der Waals surface area contributed by atoms with Crippen molar-refractivity contribution in [1.29, 1.82) is 0 Å². The van der Waals surface area contributed by atoms with E-state index in [1.807, 2.05) is 0 Å². The summed E-state index contributed by atoms with van der Waals surface area (Å²) in [5.74, 6) is 0. The minimum Gasteiger partial charge on any atom is -0.567 e. The van der Waals surface area contributed by atoms with E-state index in [0.717, 1.165) is 0 Å². The first-order valence-electron chi connectivity index (χ1n) is 1.70. The molecule has 9 nitrogen and oxygen atoms in total. The van der Waals surface area contributed by atoms with Crippen LogP contribution in [-0.4, -0.2) is 49.4 Å². The van der Waals surface area contributed by atoms with Gasteiger partial charge in [0.05, 0.1) is 0 Å². The molecule has 3 N–H and O–H groups in total. The van der Waals surface area contributed by atoms with E-state index in [0.29, 0.717) is 0 Å². The van der Waals surface area contributed by atoms with Gasteiger partial charge in [-0.15, -0.1) is 0 Å². The standard InChI is InChI=1S/2Al.3HO3P/c;;3*1-4(2)3/h;;3*(H,1,2,3). The largest absolute Gasteiger partial charge is 0.567 e. The third-order valence-corrected chi connectivity index (χ3v) is 0. The van der Waals surface area contributed by atoms with Crippen LogP contribution < -0.4 is 14.7 Å². The lowest BCUT2D eigenvalue weighted by Gasteiger charge is -1.56. The lowest BCUT2D eigenvalue weighted by molar-refractivity contribution is -0.181. The van der Waals surface area contributed by atoms with Gasteiger partial charge >= 0.3 is 24.8 Å². The maximum Gasteiger partial charge on any atom is 0.485 e. The molecule has 0 aromatic rings. The summed E-state index contributed by atoms with van der Waals surface area (Å²) in [5.41, 5.74) is 0. The van der Waals surface area contributed by atoms with Gasteiger partial charge in [0.25, 0.3) is 0 Å². The molecule has 0 amide bonds. The van der Waals surface area contributed by atoms with Gasteiger partial charge in [-0.25, -0.2) is 0 Å². The maximum atomic E-state index is 8.59.